The van der Waals surface area contributed by atoms with Gasteiger partial charge in [-0.2, -0.15) is 0 Å². The molecule has 0 fully saturated rings. The Kier molecular flexibility index (Phi) is 5.74. The van der Waals surface area contributed by atoms with Crippen LogP contribution in [0, 0.1) is 0 Å². The summed E-state index contributed by atoms with van der Waals surface area (Å²) in [6.07, 6.45) is 0.316. The molecule has 0 unspecified atom stereocenters. The summed E-state index contributed by atoms with van der Waals surface area (Å²) in [6.45, 7) is 0.475. The van der Waals surface area contributed by atoms with Gasteiger partial charge in [-0.05, 0) is 36.4 Å². The highest BCUT2D eigenvalue weighted by molar-refractivity contribution is 6.35. The van der Waals surface area contributed by atoms with Crippen molar-refractivity contribution in [1.29, 1.82) is 0 Å². The number of amides is 1. The lowest BCUT2D eigenvalue weighted by Gasteiger charge is -2.08. The Morgan fingerprint density at radius 2 is 1.57 bits per heavy atom. The summed E-state index contributed by atoms with van der Waals surface area (Å²) < 4.78 is 0. The van der Waals surface area contributed by atoms with Gasteiger partial charge in [0.05, 0.1) is 0 Å². The summed E-state index contributed by atoms with van der Waals surface area (Å²) in [6, 6.07) is 12.2. The van der Waals surface area contributed by atoms with E-state index in [9.17, 15) is 4.79 Å². The minimum Gasteiger partial charge on any atom is -0.384 e. The third-order valence-electron chi connectivity index (χ3n) is 2.65. The zero-order valence-electron chi connectivity index (χ0n) is 11.0. The van der Waals surface area contributed by atoms with Crippen molar-refractivity contribution in [2.24, 2.45) is 0 Å². The van der Waals surface area contributed by atoms with E-state index in [0.717, 1.165) is 5.69 Å². The van der Waals surface area contributed by atoms with E-state index in [-0.39, 0.29) is 5.91 Å². The van der Waals surface area contributed by atoms with Crippen LogP contribution in [-0.4, -0.2) is 12.5 Å². The van der Waals surface area contributed by atoms with Gasteiger partial charge in [0.25, 0.3) is 0 Å². The molecule has 0 bridgehead atoms. The van der Waals surface area contributed by atoms with Gasteiger partial charge in [0.2, 0.25) is 5.91 Å². The summed E-state index contributed by atoms with van der Waals surface area (Å²) in [5.74, 6) is -0.0992. The van der Waals surface area contributed by atoms with Crippen molar-refractivity contribution in [2.75, 3.05) is 17.2 Å². The number of nitrogens with one attached hydrogen (secondary N) is 2. The standard InChI is InChI=1S/C15H13Cl3N2O/c16-10-2-1-3-13(7-10)20-15(21)4-5-19-14-8-11(17)6-12(18)9-14/h1-3,6-9,19H,4-5H2,(H,20,21). The molecule has 0 spiro atoms. The van der Waals surface area contributed by atoms with E-state index < -0.39 is 0 Å². The van der Waals surface area contributed by atoms with Gasteiger partial charge >= 0.3 is 0 Å². The number of rotatable bonds is 5. The molecule has 2 aromatic carbocycles. The van der Waals surface area contributed by atoms with Crippen LogP contribution in [0.4, 0.5) is 11.4 Å². The number of carbonyl (C=O) groups excluding carboxylic acids is 1. The second-order valence-electron chi connectivity index (χ2n) is 4.39. The average molecular weight is 344 g/mol. The van der Waals surface area contributed by atoms with Crippen LogP contribution in [-0.2, 0) is 4.79 Å². The van der Waals surface area contributed by atoms with Crippen molar-refractivity contribution in [3.63, 3.8) is 0 Å². The number of carbonyl (C=O) groups is 1. The molecular weight excluding hydrogens is 331 g/mol. The van der Waals surface area contributed by atoms with Gasteiger partial charge in [-0.25, -0.2) is 0 Å². The Hall–Kier alpha value is -1.42. The maximum Gasteiger partial charge on any atom is 0.226 e. The second kappa shape index (κ2) is 7.55. The van der Waals surface area contributed by atoms with Crippen LogP contribution < -0.4 is 10.6 Å². The molecule has 0 saturated heterocycles. The molecule has 2 rings (SSSR count). The van der Waals surface area contributed by atoms with E-state index in [2.05, 4.69) is 10.6 Å². The predicted molar refractivity (Wildman–Crippen MR) is 89.7 cm³/mol. The van der Waals surface area contributed by atoms with E-state index in [1.165, 1.54) is 0 Å². The van der Waals surface area contributed by atoms with Gasteiger partial charge in [0, 0.05) is 39.4 Å². The van der Waals surface area contributed by atoms with Gasteiger partial charge in [0.1, 0.15) is 0 Å². The quantitative estimate of drug-likeness (QED) is 0.794. The Morgan fingerprint density at radius 1 is 0.905 bits per heavy atom. The van der Waals surface area contributed by atoms with Gasteiger partial charge in [-0.15, -0.1) is 0 Å². The number of halogens is 3. The molecule has 0 saturated carbocycles. The molecule has 2 N–H and O–H groups in total. The van der Waals surface area contributed by atoms with E-state index in [4.69, 9.17) is 34.8 Å². The molecular formula is C15H13Cl3N2O. The highest BCUT2D eigenvalue weighted by atomic mass is 35.5. The third kappa shape index (κ3) is 5.46. The van der Waals surface area contributed by atoms with Crippen LogP contribution in [0.1, 0.15) is 6.42 Å². The lowest BCUT2D eigenvalue weighted by atomic mass is 10.3. The molecule has 0 heterocycles. The lowest BCUT2D eigenvalue weighted by Crippen LogP contribution is -2.16. The van der Waals surface area contributed by atoms with Crippen LogP contribution in [0.5, 0.6) is 0 Å². The fourth-order valence-electron chi connectivity index (χ4n) is 1.77. The van der Waals surface area contributed by atoms with E-state index in [1.807, 2.05) is 0 Å². The molecule has 21 heavy (non-hydrogen) atoms. The van der Waals surface area contributed by atoms with E-state index >= 15 is 0 Å². The monoisotopic (exact) mass is 342 g/mol. The molecule has 0 aliphatic heterocycles. The smallest absolute Gasteiger partial charge is 0.226 e. The Bertz CT molecular complexity index is 626. The fraction of sp³-hybridized carbons (Fsp3) is 0.133. The first-order chi connectivity index (χ1) is 10.0. The number of benzene rings is 2. The zero-order valence-corrected chi connectivity index (χ0v) is 13.3. The third-order valence-corrected chi connectivity index (χ3v) is 3.32. The van der Waals surface area contributed by atoms with Gasteiger partial charge in [-0.3, -0.25) is 4.79 Å². The number of anilines is 2. The highest BCUT2D eigenvalue weighted by Crippen LogP contribution is 2.22. The van der Waals surface area contributed by atoms with Crippen molar-refractivity contribution < 1.29 is 4.79 Å². The Labute approximate surface area is 138 Å². The first kappa shape index (κ1) is 16.0. The molecule has 1 amide bonds. The normalized spacial score (nSPS) is 10.2. The molecule has 0 atom stereocenters. The van der Waals surface area contributed by atoms with Crippen LogP contribution >= 0.6 is 34.8 Å². The summed E-state index contributed by atoms with van der Waals surface area (Å²) >= 11 is 17.6. The molecule has 2 aromatic rings. The first-order valence-corrected chi connectivity index (χ1v) is 7.42. The Balaban J connectivity index is 1.81. The Morgan fingerprint density at radius 3 is 2.24 bits per heavy atom. The van der Waals surface area contributed by atoms with E-state index in [0.29, 0.717) is 33.7 Å². The lowest BCUT2D eigenvalue weighted by molar-refractivity contribution is -0.115. The second-order valence-corrected chi connectivity index (χ2v) is 5.70. The van der Waals surface area contributed by atoms with Crippen molar-refractivity contribution in [3.05, 3.63) is 57.5 Å². The van der Waals surface area contributed by atoms with Crippen molar-refractivity contribution >= 4 is 52.1 Å². The minimum atomic E-state index is -0.0992. The SMILES string of the molecule is O=C(CCNc1cc(Cl)cc(Cl)c1)Nc1cccc(Cl)c1. The molecule has 110 valence electrons. The fourth-order valence-corrected chi connectivity index (χ4v) is 2.48. The summed E-state index contributed by atoms with van der Waals surface area (Å²) in [5, 5.41) is 7.56. The van der Waals surface area contributed by atoms with Crippen molar-refractivity contribution in [1.82, 2.24) is 0 Å². The van der Waals surface area contributed by atoms with Crippen LogP contribution in [0.25, 0.3) is 0 Å². The first-order valence-electron chi connectivity index (χ1n) is 6.28. The van der Waals surface area contributed by atoms with Crippen LogP contribution in [0.2, 0.25) is 15.1 Å². The molecule has 0 aliphatic carbocycles. The molecule has 0 aliphatic rings. The van der Waals surface area contributed by atoms with Crippen LogP contribution in [0.15, 0.2) is 42.5 Å². The minimum absolute atomic E-state index is 0.0992. The molecule has 6 heteroatoms. The summed E-state index contributed by atoms with van der Waals surface area (Å²) in [4.78, 5) is 11.8. The summed E-state index contributed by atoms with van der Waals surface area (Å²) in [5.41, 5.74) is 1.46. The highest BCUT2D eigenvalue weighted by Gasteiger charge is 2.03. The topological polar surface area (TPSA) is 41.1 Å². The predicted octanol–water partition coefficient (Wildman–Crippen LogP) is 5.09. The molecule has 0 aromatic heterocycles. The van der Waals surface area contributed by atoms with Gasteiger partial charge in [0.15, 0.2) is 0 Å². The summed E-state index contributed by atoms with van der Waals surface area (Å²) in [7, 11) is 0. The number of hydrogen-bond donors (Lipinski definition) is 2. The van der Waals surface area contributed by atoms with Crippen molar-refractivity contribution in [2.45, 2.75) is 6.42 Å². The molecule has 3 nitrogen and oxygen atoms in total. The number of hydrogen-bond acceptors (Lipinski definition) is 2. The average Bonchev–Trinajstić information content (AvgIpc) is 2.37. The largest absolute Gasteiger partial charge is 0.384 e. The zero-order chi connectivity index (χ0) is 15.2. The molecule has 0 radical (unpaired) electrons. The maximum absolute atomic E-state index is 11.8. The maximum atomic E-state index is 11.8. The van der Waals surface area contributed by atoms with Crippen molar-refractivity contribution in [3.8, 4) is 0 Å². The van der Waals surface area contributed by atoms with Gasteiger partial charge in [-0.1, -0.05) is 40.9 Å². The van der Waals surface area contributed by atoms with E-state index in [1.54, 1.807) is 42.5 Å². The van der Waals surface area contributed by atoms with Crippen LogP contribution in [0.3, 0.4) is 0 Å². The van der Waals surface area contributed by atoms with Gasteiger partial charge < -0.3 is 10.6 Å².